The normalized spacial score (nSPS) is 25.1. The zero-order valence-corrected chi connectivity index (χ0v) is 10.9. The fourth-order valence-corrected chi connectivity index (χ4v) is 2.57. The predicted molar refractivity (Wildman–Crippen MR) is 69.0 cm³/mol. The van der Waals surface area contributed by atoms with Gasteiger partial charge >= 0.3 is 6.03 Å². The van der Waals surface area contributed by atoms with Gasteiger partial charge in [0.2, 0.25) is 0 Å². The Bertz CT molecular complexity index is 247. The number of nitrogens with zero attached hydrogens (tertiary/aromatic N) is 1. The number of hydrogen-bond acceptors (Lipinski definition) is 2. The maximum absolute atomic E-state index is 12.0. The topological polar surface area (TPSA) is 44.4 Å². The predicted octanol–water partition coefficient (Wildman–Crippen LogP) is 1.57. The summed E-state index contributed by atoms with van der Waals surface area (Å²) in [5.41, 5.74) is 0. The minimum absolute atomic E-state index is 0.141. The van der Waals surface area contributed by atoms with Crippen LogP contribution in [0, 0.1) is 5.92 Å². The molecule has 1 aliphatic carbocycles. The molecule has 1 atom stereocenters. The average Bonchev–Trinajstić information content (AvgIpc) is 2.32. The number of carbonyl (C=O) groups is 1. The van der Waals surface area contributed by atoms with Crippen LogP contribution in [0.5, 0.6) is 0 Å². The van der Waals surface area contributed by atoms with Crippen LogP contribution >= 0.6 is 0 Å². The van der Waals surface area contributed by atoms with Crippen LogP contribution < -0.4 is 10.6 Å². The molecule has 0 bridgehead atoms. The Morgan fingerprint density at radius 2 is 2.18 bits per heavy atom. The molecule has 0 radical (unpaired) electrons. The van der Waals surface area contributed by atoms with Gasteiger partial charge < -0.3 is 15.5 Å². The highest BCUT2D eigenvalue weighted by atomic mass is 16.2. The Kier molecular flexibility index (Phi) is 4.66. The Labute approximate surface area is 104 Å². The van der Waals surface area contributed by atoms with Crippen molar-refractivity contribution in [1.29, 1.82) is 0 Å². The van der Waals surface area contributed by atoms with Crippen molar-refractivity contribution in [3.05, 3.63) is 0 Å². The van der Waals surface area contributed by atoms with Crippen molar-refractivity contribution >= 4 is 6.03 Å². The third kappa shape index (κ3) is 3.60. The third-order valence-electron chi connectivity index (χ3n) is 3.98. The molecule has 0 aromatic heterocycles. The first-order valence-corrected chi connectivity index (χ1v) is 7.05. The molecule has 17 heavy (non-hydrogen) atoms. The number of piperidine rings is 1. The summed E-state index contributed by atoms with van der Waals surface area (Å²) in [4.78, 5) is 14.0. The van der Waals surface area contributed by atoms with Gasteiger partial charge in [0.15, 0.2) is 0 Å². The molecule has 1 saturated heterocycles. The molecule has 4 heteroatoms. The van der Waals surface area contributed by atoms with E-state index < -0.39 is 0 Å². The number of nitrogens with one attached hydrogen (secondary N) is 2. The smallest absolute Gasteiger partial charge is 0.317 e. The second-order valence-corrected chi connectivity index (χ2v) is 5.33. The van der Waals surface area contributed by atoms with Crippen molar-refractivity contribution in [2.75, 3.05) is 26.2 Å². The first-order chi connectivity index (χ1) is 8.29. The van der Waals surface area contributed by atoms with Gasteiger partial charge in [0.25, 0.3) is 0 Å². The lowest BCUT2D eigenvalue weighted by Gasteiger charge is -2.33. The standard InChI is InChI=1S/C13H25N3O/c1-2-16(10-11-5-4-8-14-9-11)13(17)15-12-6-3-7-12/h11-12,14H,2-10H2,1H3,(H,15,17). The van der Waals surface area contributed by atoms with Gasteiger partial charge in [-0.15, -0.1) is 0 Å². The van der Waals surface area contributed by atoms with Gasteiger partial charge in [0.05, 0.1) is 0 Å². The van der Waals surface area contributed by atoms with Gasteiger partial charge in [-0.2, -0.15) is 0 Å². The highest BCUT2D eigenvalue weighted by molar-refractivity contribution is 5.74. The van der Waals surface area contributed by atoms with E-state index in [0.717, 1.165) is 39.0 Å². The summed E-state index contributed by atoms with van der Waals surface area (Å²) < 4.78 is 0. The summed E-state index contributed by atoms with van der Waals surface area (Å²) in [7, 11) is 0. The van der Waals surface area contributed by atoms with Crippen LogP contribution in [0.4, 0.5) is 4.79 Å². The molecule has 1 saturated carbocycles. The summed E-state index contributed by atoms with van der Waals surface area (Å²) >= 11 is 0. The van der Waals surface area contributed by atoms with E-state index in [9.17, 15) is 4.79 Å². The fourth-order valence-electron chi connectivity index (χ4n) is 2.57. The zero-order valence-electron chi connectivity index (χ0n) is 10.9. The molecule has 0 aromatic carbocycles. The highest BCUT2D eigenvalue weighted by Gasteiger charge is 2.24. The first kappa shape index (κ1) is 12.7. The quantitative estimate of drug-likeness (QED) is 0.782. The Morgan fingerprint density at radius 1 is 1.35 bits per heavy atom. The zero-order chi connectivity index (χ0) is 12.1. The fraction of sp³-hybridized carbons (Fsp3) is 0.923. The third-order valence-corrected chi connectivity index (χ3v) is 3.98. The monoisotopic (exact) mass is 239 g/mol. The number of carbonyl (C=O) groups excluding carboxylic acids is 1. The average molecular weight is 239 g/mol. The SMILES string of the molecule is CCN(CC1CCCNC1)C(=O)NC1CCC1. The van der Waals surface area contributed by atoms with Gasteiger partial charge in [-0.05, 0) is 58.0 Å². The number of amides is 2. The van der Waals surface area contributed by atoms with Crippen LogP contribution in [-0.4, -0.2) is 43.2 Å². The van der Waals surface area contributed by atoms with Crippen LogP contribution in [0.1, 0.15) is 39.0 Å². The van der Waals surface area contributed by atoms with E-state index in [1.54, 1.807) is 0 Å². The number of rotatable bonds is 4. The summed E-state index contributed by atoms with van der Waals surface area (Å²) in [5.74, 6) is 0.635. The summed E-state index contributed by atoms with van der Waals surface area (Å²) in [6.07, 6.45) is 6.08. The van der Waals surface area contributed by atoms with Crippen LogP contribution in [0.25, 0.3) is 0 Å². The molecule has 2 fully saturated rings. The molecule has 1 aliphatic heterocycles. The van der Waals surface area contributed by atoms with Crippen LogP contribution in [-0.2, 0) is 0 Å². The molecule has 2 N–H and O–H groups in total. The Balaban J connectivity index is 1.75. The second kappa shape index (κ2) is 6.24. The summed E-state index contributed by atoms with van der Waals surface area (Å²) in [6, 6.07) is 0.587. The molecular weight excluding hydrogens is 214 g/mol. The van der Waals surface area contributed by atoms with Crippen molar-refractivity contribution in [3.8, 4) is 0 Å². The molecule has 98 valence electrons. The van der Waals surface area contributed by atoms with Gasteiger partial charge in [0.1, 0.15) is 0 Å². The Morgan fingerprint density at radius 3 is 2.71 bits per heavy atom. The van der Waals surface area contributed by atoms with Gasteiger partial charge in [0, 0.05) is 19.1 Å². The largest absolute Gasteiger partial charge is 0.335 e. The number of urea groups is 1. The maximum Gasteiger partial charge on any atom is 0.317 e. The highest BCUT2D eigenvalue weighted by Crippen LogP contribution is 2.18. The molecule has 1 heterocycles. The lowest BCUT2D eigenvalue weighted by Crippen LogP contribution is -2.49. The molecule has 2 amide bonds. The van der Waals surface area contributed by atoms with Crippen molar-refractivity contribution in [1.82, 2.24) is 15.5 Å². The van der Waals surface area contributed by atoms with Crippen LogP contribution in [0.3, 0.4) is 0 Å². The van der Waals surface area contributed by atoms with E-state index in [1.807, 2.05) is 4.90 Å². The number of hydrogen-bond donors (Lipinski definition) is 2. The van der Waals surface area contributed by atoms with E-state index in [-0.39, 0.29) is 6.03 Å². The van der Waals surface area contributed by atoms with Crippen molar-refractivity contribution < 1.29 is 4.79 Å². The van der Waals surface area contributed by atoms with Crippen LogP contribution in [0.15, 0.2) is 0 Å². The Hall–Kier alpha value is -0.770. The minimum Gasteiger partial charge on any atom is -0.335 e. The van der Waals surface area contributed by atoms with Crippen molar-refractivity contribution in [3.63, 3.8) is 0 Å². The molecule has 2 rings (SSSR count). The molecule has 4 nitrogen and oxygen atoms in total. The molecular formula is C13H25N3O. The van der Waals surface area contributed by atoms with E-state index in [2.05, 4.69) is 17.6 Å². The van der Waals surface area contributed by atoms with E-state index in [4.69, 9.17) is 0 Å². The second-order valence-electron chi connectivity index (χ2n) is 5.33. The van der Waals surface area contributed by atoms with Gasteiger partial charge in [-0.1, -0.05) is 0 Å². The summed E-state index contributed by atoms with van der Waals surface area (Å²) in [6.45, 7) is 5.98. The molecule has 0 aromatic rings. The minimum atomic E-state index is 0.141. The van der Waals surface area contributed by atoms with Crippen LogP contribution in [0.2, 0.25) is 0 Å². The lowest BCUT2D eigenvalue weighted by atomic mass is 9.93. The van der Waals surface area contributed by atoms with Gasteiger partial charge in [-0.3, -0.25) is 0 Å². The van der Waals surface area contributed by atoms with E-state index >= 15 is 0 Å². The summed E-state index contributed by atoms with van der Waals surface area (Å²) in [5, 5.41) is 6.53. The molecule has 0 spiro atoms. The van der Waals surface area contributed by atoms with E-state index in [0.29, 0.717) is 12.0 Å². The molecule has 1 unspecified atom stereocenters. The van der Waals surface area contributed by atoms with Gasteiger partial charge in [-0.25, -0.2) is 4.79 Å². The van der Waals surface area contributed by atoms with Crippen molar-refractivity contribution in [2.45, 2.75) is 45.1 Å². The van der Waals surface area contributed by atoms with E-state index in [1.165, 1.54) is 19.3 Å². The maximum atomic E-state index is 12.0. The van der Waals surface area contributed by atoms with Crippen molar-refractivity contribution in [2.24, 2.45) is 5.92 Å². The lowest BCUT2D eigenvalue weighted by molar-refractivity contribution is 0.174. The molecule has 2 aliphatic rings. The first-order valence-electron chi connectivity index (χ1n) is 7.05.